The molecule has 0 amide bonds. The first-order valence-electron chi connectivity index (χ1n) is 13.1. The Hall–Kier alpha value is -0.193. The topological polar surface area (TPSA) is 46.5 Å². The fraction of sp³-hybridized carbons (Fsp3) is 0.963. The molecule has 4 fully saturated rings. The Morgan fingerprint density at radius 3 is 2.19 bits per heavy atom. The van der Waals surface area contributed by atoms with Crippen LogP contribution < -0.4 is 0 Å². The molecule has 0 heterocycles. The third-order valence-corrected chi connectivity index (χ3v) is 15.9. The van der Waals surface area contributed by atoms with Crippen molar-refractivity contribution in [2.24, 2.45) is 40.4 Å². The first kappa shape index (κ1) is 23.9. The number of Topliss-reactive ketones (excluding diaryl/α,β-unsaturated/α-hetero) is 1. The Bertz CT molecular complexity index is 712. The third-order valence-electron chi connectivity index (χ3n) is 11.4. The van der Waals surface area contributed by atoms with Crippen LogP contribution in [-0.2, 0) is 9.22 Å². The van der Waals surface area contributed by atoms with Gasteiger partial charge in [-0.05, 0) is 111 Å². The molecule has 0 aliphatic heterocycles. The lowest BCUT2D eigenvalue weighted by Crippen LogP contribution is -2.59. The summed E-state index contributed by atoms with van der Waals surface area (Å²) in [5.41, 5.74) is 0.437. The van der Waals surface area contributed by atoms with Gasteiger partial charge in [0.15, 0.2) is 8.32 Å². The molecule has 4 aliphatic rings. The van der Waals surface area contributed by atoms with Gasteiger partial charge in [-0.15, -0.1) is 0 Å². The van der Waals surface area contributed by atoms with Crippen molar-refractivity contribution in [1.29, 1.82) is 0 Å². The minimum atomic E-state index is -1.77. The number of carbonyl (C=O) groups is 1. The molecule has 4 rings (SSSR count). The van der Waals surface area contributed by atoms with E-state index in [1.165, 1.54) is 25.7 Å². The highest BCUT2D eigenvalue weighted by Gasteiger charge is 2.63. The number of carbonyl (C=O) groups excluding carboxylic acids is 1. The van der Waals surface area contributed by atoms with Crippen molar-refractivity contribution in [3.63, 3.8) is 0 Å². The SMILES string of the molecule is CC(=O)[C@H]1CC[C@H]2[C@@H]3[C@H](O)C[C@@H]4C[C@H](O[Si](C)(C)C(C)(C)C)CC[C@]4(C)[C@H]3CC[C@]12C. The molecule has 4 saturated carbocycles. The van der Waals surface area contributed by atoms with Crippen LogP contribution in [0.25, 0.3) is 0 Å². The maximum Gasteiger partial charge on any atom is 0.192 e. The van der Waals surface area contributed by atoms with Gasteiger partial charge in [-0.3, -0.25) is 4.79 Å². The summed E-state index contributed by atoms with van der Waals surface area (Å²) < 4.78 is 6.85. The summed E-state index contributed by atoms with van der Waals surface area (Å²) in [6.07, 6.45) is 9.18. The van der Waals surface area contributed by atoms with E-state index >= 15 is 0 Å². The number of fused-ring (bicyclic) bond motifs is 5. The van der Waals surface area contributed by atoms with Crippen molar-refractivity contribution < 1.29 is 14.3 Å². The van der Waals surface area contributed by atoms with Crippen molar-refractivity contribution >= 4 is 14.1 Å². The van der Waals surface area contributed by atoms with Gasteiger partial charge in [-0.2, -0.15) is 0 Å². The predicted molar refractivity (Wildman–Crippen MR) is 129 cm³/mol. The number of ketones is 1. The minimum absolute atomic E-state index is 0.111. The third kappa shape index (κ3) is 3.71. The van der Waals surface area contributed by atoms with Crippen LogP contribution in [0.1, 0.15) is 92.9 Å². The highest BCUT2D eigenvalue weighted by Crippen LogP contribution is 2.67. The fourth-order valence-corrected chi connectivity index (χ4v) is 9.95. The van der Waals surface area contributed by atoms with Gasteiger partial charge in [0.05, 0.1) is 6.10 Å². The Kier molecular flexibility index (Phi) is 5.92. The lowest BCUT2D eigenvalue weighted by atomic mass is 9.44. The Morgan fingerprint density at radius 1 is 0.968 bits per heavy atom. The van der Waals surface area contributed by atoms with Crippen LogP contribution in [0.3, 0.4) is 0 Å². The number of rotatable bonds is 3. The van der Waals surface area contributed by atoms with Gasteiger partial charge >= 0.3 is 0 Å². The average molecular weight is 449 g/mol. The number of hydrogen-bond acceptors (Lipinski definition) is 3. The van der Waals surface area contributed by atoms with Crippen LogP contribution in [0.15, 0.2) is 0 Å². The summed E-state index contributed by atoms with van der Waals surface area (Å²) in [7, 11) is -1.77. The molecule has 0 aromatic rings. The normalized spacial score (nSPS) is 48.0. The second-order valence-corrected chi connectivity index (χ2v) is 18.6. The second-order valence-electron chi connectivity index (χ2n) is 13.9. The van der Waals surface area contributed by atoms with Gasteiger partial charge in [-0.1, -0.05) is 34.6 Å². The number of aliphatic hydroxyl groups excluding tert-OH is 1. The molecule has 0 radical (unpaired) electrons. The van der Waals surface area contributed by atoms with Gasteiger partial charge in [0.1, 0.15) is 5.78 Å². The molecule has 4 aliphatic carbocycles. The molecule has 31 heavy (non-hydrogen) atoms. The maximum atomic E-state index is 12.4. The summed E-state index contributed by atoms with van der Waals surface area (Å²) in [4.78, 5) is 12.4. The van der Waals surface area contributed by atoms with Crippen molar-refractivity contribution in [3.05, 3.63) is 0 Å². The molecule has 0 bridgehead atoms. The zero-order valence-electron chi connectivity index (χ0n) is 21.5. The summed E-state index contributed by atoms with van der Waals surface area (Å²) in [5, 5.41) is 11.7. The minimum Gasteiger partial charge on any atom is -0.414 e. The van der Waals surface area contributed by atoms with Crippen LogP contribution in [0, 0.1) is 40.4 Å². The largest absolute Gasteiger partial charge is 0.414 e. The van der Waals surface area contributed by atoms with E-state index in [1.807, 2.05) is 0 Å². The van der Waals surface area contributed by atoms with Gasteiger partial charge in [0, 0.05) is 12.0 Å². The molecule has 0 spiro atoms. The van der Waals surface area contributed by atoms with Gasteiger partial charge in [0.2, 0.25) is 0 Å². The average Bonchev–Trinajstić information content (AvgIpc) is 2.99. The maximum absolute atomic E-state index is 12.4. The van der Waals surface area contributed by atoms with Crippen LogP contribution in [-0.4, -0.2) is 31.4 Å². The zero-order valence-corrected chi connectivity index (χ0v) is 22.5. The second kappa shape index (κ2) is 7.66. The molecule has 3 nitrogen and oxygen atoms in total. The van der Waals surface area contributed by atoms with Crippen LogP contribution in [0.5, 0.6) is 0 Å². The summed E-state index contributed by atoms with van der Waals surface area (Å²) >= 11 is 0. The fourth-order valence-electron chi connectivity index (χ4n) is 8.55. The van der Waals surface area contributed by atoms with E-state index in [2.05, 4.69) is 47.7 Å². The lowest BCUT2D eigenvalue weighted by Gasteiger charge is -2.62. The first-order valence-corrected chi connectivity index (χ1v) is 16.0. The van der Waals surface area contributed by atoms with Gasteiger partial charge < -0.3 is 9.53 Å². The quantitative estimate of drug-likeness (QED) is 0.495. The highest BCUT2D eigenvalue weighted by molar-refractivity contribution is 6.74. The molecule has 0 aromatic carbocycles. The number of hydrogen-bond donors (Lipinski definition) is 1. The monoisotopic (exact) mass is 448 g/mol. The molecular formula is C27H48O3Si. The zero-order chi connectivity index (χ0) is 23.0. The van der Waals surface area contributed by atoms with Crippen molar-refractivity contribution in [1.82, 2.24) is 0 Å². The Morgan fingerprint density at radius 2 is 1.58 bits per heavy atom. The molecule has 9 atom stereocenters. The molecule has 178 valence electrons. The van der Waals surface area contributed by atoms with Crippen LogP contribution >= 0.6 is 0 Å². The van der Waals surface area contributed by atoms with E-state index in [1.54, 1.807) is 6.92 Å². The van der Waals surface area contributed by atoms with Crippen LogP contribution in [0.4, 0.5) is 0 Å². The van der Waals surface area contributed by atoms with Crippen molar-refractivity contribution in [3.8, 4) is 0 Å². The Labute approximate surface area is 192 Å². The summed E-state index contributed by atoms with van der Waals surface area (Å²) in [6.45, 7) is 18.5. The Balaban J connectivity index is 1.53. The van der Waals surface area contributed by atoms with Gasteiger partial charge in [0.25, 0.3) is 0 Å². The van der Waals surface area contributed by atoms with E-state index in [4.69, 9.17) is 4.43 Å². The predicted octanol–water partition coefficient (Wildman–Crippen LogP) is 6.60. The smallest absolute Gasteiger partial charge is 0.192 e. The molecule has 0 aromatic heterocycles. The summed E-state index contributed by atoms with van der Waals surface area (Å²) in [6, 6.07) is 0. The molecule has 0 saturated heterocycles. The number of aliphatic hydroxyl groups is 1. The standard InChI is InChI=1S/C27H48O3Si/c1-17(28)20-9-10-21-24-22(12-14-27(20,21)6)26(5)13-11-19(15-18(26)16-23(24)29)30-31(7,8)25(2,3)4/h18-24,29H,9-16H2,1-8H3/t18-,19+,20+,21-,22-,23+,24-,26-,27+/m0/s1. The molecule has 4 heteroatoms. The summed E-state index contributed by atoms with van der Waals surface area (Å²) in [5.74, 6) is 2.68. The first-order chi connectivity index (χ1) is 14.2. The highest BCUT2D eigenvalue weighted by atomic mass is 28.4. The van der Waals surface area contributed by atoms with E-state index in [0.717, 1.165) is 25.7 Å². The van der Waals surface area contributed by atoms with Crippen molar-refractivity contribution in [2.45, 2.75) is 123 Å². The van der Waals surface area contributed by atoms with Crippen molar-refractivity contribution in [2.75, 3.05) is 0 Å². The van der Waals surface area contributed by atoms with E-state index in [-0.39, 0.29) is 22.5 Å². The molecule has 0 unspecified atom stereocenters. The molecule has 1 N–H and O–H groups in total. The van der Waals surface area contributed by atoms with E-state index in [9.17, 15) is 9.90 Å². The lowest BCUT2D eigenvalue weighted by molar-refractivity contribution is -0.172. The van der Waals surface area contributed by atoms with Gasteiger partial charge in [-0.25, -0.2) is 0 Å². The van der Waals surface area contributed by atoms with E-state index in [0.29, 0.717) is 41.0 Å². The van der Waals surface area contributed by atoms with Crippen LogP contribution in [0.2, 0.25) is 18.1 Å². The van der Waals surface area contributed by atoms with E-state index < -0.39 is 8.32 Å². The molecular weight excluding hydrogens is 400 g/mol.